The van der Waals surface area contributed by atoms with Gasteiger partial charge >= 0.3 is 0 Å². The van der Waals surface area contributed by atoms with E-state index < -0.39 is 0 Å². The number of anilines is 3. The molecule has 3 N–H and O–H groups in total. The molecule has 0 radical (unpaired) electrons. The highest BCUT2D eigenvalue weighted by atomic mass is 16.5. The minimum absolute atomic E-state index is 0.612. The number of fused-ring (bicyclic) bond motifs is 1. The number of ether oxygens (including phenoxy) is 1. The summed E-state index contributed by atoms with van der Waals surface area (Å²) in [6, 6.07) is 18.1. The number of H-pyrrole nitrogens is 1. The topological polar surface area (TPSA) is 74.9 Å². The number of aryl methyl sites for hydroxylation is 1. The number of para-hydroxylation sites is 3. The first-order valence-corrected chi connectivity index (χ1v) is 9.86. The molecule has 4 aromatic rings. The van der Waals surface area contributed by atoms with Gasteiger partial charge < -0.3 is 20.4 Å². The number of rotatable bonds is 8. The molecule has 0 bridgehead atoms. The van der Waals surface area contributed by atoms with Gasteiger partial charge in [0.2, 0.25) is 5.95 Å². The van der Waals surface area contributed by atoms with Crippen LogP contribution in [0.2, 0.25) is 0 Å². The van der Waals surface area contributed by atoms with Gasteiger partial charge in [0, 0.05) is 35.4 Å². The molecule has 0 saturated carbocycles. The Hall–Kier alpha value is -3.54. The van der Waals surface area contributed by atoms with Gasteiger partial charge in [0.05, 0.1) is 12.3 Å². The lowest BCUT2D eigenvalue weighted by Gasteiger charge is -2.13. The summed E-state index contributed by atoms with van der Waals surface area (Å²) < 4.78 is 5.69. The van der Waals surface area contributed by atoms with Crippen molar-refractivity contribution in [3.63, 3.8) is 0 Å². The van der Waals surface area contributed by atoms with Crippen molar-refractivity contribution in [1.29, 1.82) is 0 Å². The van der Waals surface area contributed by atoms with Crippen LogP contribution in [-0.4, -0.2) is 28.1 Å². The fraction of sp³-hybridized carbons (Fsp3) is 0.217. The van der Waals surface area contributed by atoms with Crippen LogP contribution in [0.25, 0.3) is 10.9 Å². The Morgan fingerprint density at radius 2 is 1.86 bits per heavy atom. The van der Waals surface area contributed by atoms with Gasteiger partial charge in [0.25, 0.3) is 0 Å². The van der Waals surface area contributed by atoms with E-state index in [2.05, 4.69) is 50.0 Å². The molecule has 2 aromatic heterocycles. The maximum atomic E-state index is 5.69. The molecule has 6 nitrogen and oxygen atoms in total. The normalized spacial score (nSPS) is 10.8. The zero-order valence-corrected chi connectivity index (χ0v) is 16.7. The summed E-state index contributed by atoms with van der Waals surface area (Å²) in [5.41, 5.74) is 4.22. The van der Waals surface area contributed by atoms with Gasteiger partial charge in [-0.25, -0.2) is 4.98 Å². The Morgan fingerprint density at radius 3 is 2.76 bits per heavy atom. The summed E-state index contributed by atoms with van der Waals surface area (Å²) in [6.45, 7) is 5.30. The van der Waals surface area contributed by atoms with E-state index in [4.69, 9.17) is 4.74 Å². The fourth-order valence-electron chi connectivity index (χ4n) is 3.35. The third-order valence-electron chi connectivity index (χ3n) is 4.66. The molecule has 0 atom stereocenters. The Morgan fingerprint density at radius 1 is 1.03 bits per heavy atom. The minimum atomic E-state index is 0.612. The summed E-state index contributed by atoms with van der Waals surface area (Å²) in [4.78, 5) is 12.4. The van der Waals surface area contributed by atoms with Gasteiger partial charge in [0.1, 0.15) is 11.6 Å². The smallest absolute Gasteiger partial charge is 0.224 e. The molecular formula is C23H25N5O. The molecule has 0 aliphatic rings. The zero-order chi connectivity index (χ0) is 20.1. The van der Waals surface area contributed by atoms with Gasteiger partial charge in [-0.3, -0.25) is 0 Å². The standard InChI is InChI=1S/C23H25N5O/c1-3-29-21-11-7-6-10-20(21)27-22-14-16(2)26-23(28-22)24-13-12-17-15-25-19-9-5-4-8-18(17)19/h4-11,14-15,25H,3,12-13H2,1-2H3,(H2,24,26,27,28). The minimum Gasteiger partial charge on any atom is -0.492 e. The van der Waals surface area contributed by atoms with Crippen molar-refractivity contribution in [2.24, 2.45) is 0 Å². The Balaban J connectivity index is 1.44. The van der Waals surface area contributed by atoms with Crippen molar-refractivity contribution in [1.82, 2.24) is 15.0 Å². The Kier molecular flexibility index (Phi) is 5.61. The van der Waals surface area contributed by atoms with Gasteiger partial charge in [-0.15, -0.1) is 0 Å². The maximum absolute atomic E-state index is 5.69. The molecular weight excluding hydrogens is 362 g/mol. The molecule has 0 saturated heterocycles. The van der Waals surface area contributed by atoms with Crippen LogP contribution in [-0.2, 0) is 6.42 Å². The average molecular weight is 387 g/mol. The molecule has 29 heavy (non-hydrogen) atoms. The molecule has 0 unspecified atom stereocenters. The van der Waals surface area contributed by atoms with Crippen molar-refractivity contribution in [3.8, 4) is 5.75 Å². The van der Waals surface area contributed by atoms with Crippen LogP contribution in [0.5, 0.6) is 5.75 Å². The van der Waals surface area contributed by atoms with E-state index in [1.807, 2.05) is 50.2 Å². The number of hydrogen-bond acceptors (Lipinski definition) is 5. The van der Waals surface area contributed by atoms with Crippen molar-refractivity contribution in [3.05, 3.63) is 72.1 Å². The lowest BCUT2D eigenvalue weighted by molar-refractivity contribution is 0.342. The number of nitrogens with zero attached hydrogens (tertiary/aromatic N) is 2. The third-order valence-corrected chi connectivity index (χ3v) is 4.66. The SMILES string of the molecule is CCOc1ccccc1Nc1cc(C)nc(NCCc2c[nH]c3ccccc23)n1. The van der Waals surface area contributed by atoms with Crippen LogP contribution in [0.1, 0.15) is 18.2 Å². The molecule has 2 aromatic carbocycles. The van der Waals surface area contributed by atoms with Crippen LogP contribution in [0, 0.1) is 6.92 Å². The molecule has 6 heteroatoms. The first-order chi connectivity index (χ1) is 14.2. The predicted octanol–water partition coefficient (Wildman–Crippen LogP) is 5.06. The molecule has 0 aliphatic carbocycles. The van der Waals surface area contributed by atoms with Gasteiger partial charge in [-0.05, 0) is 44.0 Å². The second kappa shape index (κ2) is 8.65. The van der Waals surface area contributed by atoms with Gasteiger partial charge in [-0.1, -0.05) is 30.3 Å². The maximum Gasteiger partial charge on any atom is 0.224 e. The second-order valence-electron chi connectivity index (χ2n) is 6.81. The molecule has 0 spiro atoms. The Labute approximate surface area is 170 Å². The molecule has 0 aliphatic heterocycles. The quantitative estimate of drug-likeness (QED) is 0.394. The van der Waals surface area contributed by atoms with Gasteiger partial charge in [-0.2, -0.15) is 4.98 Å². The summed E-state index contributed by atoms with van der Waals surface area (Å²) in [5.74, 6) is 2.15. The summed E-state index contributed by atoms with van der Waals surface area (Å²) in [6.07, 6.45) is 2.96. The highest BCUT2D eigenvalue weighted by Gasteiger charge is 2.07. The lowest BCUT2D eigenvalue weighted by Crippen LogP contribution is -2.09. The van der Waals surface area contributed by atoms with Crippen LogP contribution in [0.15, 0.2) is 60.8 Å². The highest BCUT2D eigenvalue weighted by Crippen LogP contribution is 2.27. The number of aromatic amines is 1. The largest absolute Gasteiger partial charge is 0.492 e. The number of nitrogens with one attached hydrogen (secondary N) is 3. The average Bonchev–Trinajstić information content (AvgIpc) is 3.13. The summed E-state index contributed by atoms with van der Waals surface area (Å²) >= 11 is 0. The van der Waals surface area contributed by atoms with E-state index in [0.717, 1.165) is 41.4 Å². The lowest BCUT2D eigenvalue weighted by atomic mass is 10.1. The number of benzene rings is 2. The molecule has 4 rings (SSSR count). The van der Waals surface area contributed by atoms with Crippen molar-refractivity contribution < 1.29 is 4.74 Å². The van der Waals surface area contributed by atoms with Crippen LogP contribution >= 0.6 is 0 Å². The predicted molar refractivity (Wildman–Crippen MR) is 118 cm³/mol. The van der Waals surface area contributed by atoms with E-state index in [1.54, 1.807) is 0 Å². The van der Waals surface area contributed by atoms with Gasteiger partial charge in [0.15, 0.2) is 0 Å². The van der Waals surface area contributed by atoms with E-state index in [0.29, 0.717) is 12.6 Å². The Bertz CT molecular complexity index is 1110. The first-order valence-electron chi connectivity index (χ1n) is 9.86. The van der Waals surface area contributed by atoms with E-state index in [-0.39, 0.29) is 0 Å². The van der Waals surface area contributed by atoms with E-state index >= 15 is 0 Å². The summed E-state index contributed by atoms with van der Waals surface area (Å²) in [7, 11) is 0. The van der Waals surface area contributed by atoms with E-state index in [1.165, 1.54) is 10.9 Å². The monoisotopic (exact) mass is 387 g/mol. The highest BCUT2D eigenvalue weighted by molar-refractivity contribution is 5.83. The number of aromatic nitrogens is 3. The van der Waals surface area contributed by atoms with Crippen molar-refractivity contribution >= 4 is 28.4 Å². The second-order valence-corrected chi connectivity index (χ2v) is 6.81. The summed E-state index contributed by atoms with van der Waals surface area (Å²) in [5, 5.41) is 7.95. The van der Waals surface area contributed by atoms with Crippen molar-refractivity contribution in [2.45, 2.75) is 20.3 Å². The van der Waals surface area contributed by atoms with Crippen molar-refractivity contribution in [2.75, 3.05) is 23.8 Å². The van der Waals surface area contributed by atoms with E-state index in [9.17, 15) is 0 Å². The zero-order valence-electron chi connectivity index (χ0n) is 16.7. The molecule has 0 fully saturated rings. The van der Waals surface area contributed by atoms with Crippen LogP contribution in [0.4, 0.5) is 17.5 Å². The molecule has 0 amide bonds. The molecule has 2 heterocycles. The van der Waals surface area contributed by atoms with Crippen LogP contribution < -0.4 is 15.4 Å². The third kappa shape index (κ3) is 4.48. The number of hydrogen-bond donors (Lipinski definition) is 3. The molecule has 148 valence electrons. The first kappa shape index (κ1) is 18.8. The fourth-order valence-corrected chi connectivity index (χ4v) is 3.35. The van der Waals surface area contributed by atoms with Crippen LogP contribution in [0.3, 0.4) is 0 Å².